The highest BCUT2D eigenvalue weighted by molar-refractivity contribution is 7.89. The monoisotopic (exact) mass is 581 g/mol. The van der Waals surface area contributed by atoms with Crippen LogP contribution < -0.4 is 10.1 Å². The Morgan fingerprint density at radius 1 is 1.02 bits per heavy atom. The molecule has 0 unspecified atom stereocenters. The van der Waals surface area contributed by atoms with Crippen LogP contribution in [0, 0.1) is 11.3 Å². The number of hydrogen-bond acceptors (Lipinski definition) is 6. The Kier molecular flexibility index (Phi) is 8.81. The normalized spacial score (nSPS) is 14.2. The molecule has 1 aliphatic rings. The molecule has 5 rings (SSSR count). The summed E-state index contributed by atoms with van der Waals surface area (Å²) in [6.07, 6.45) is 5.89. The second-order valence-electron chi connectivity index (χ2n) is 9.79. The summed E-state index contributed by atoms with van der Waals surface area (Å²) in [6.45, 7) is 3.41. The van der Waals surface area contributed by atoms with Gasteiger partial charge < -0.3 is 10.1 Å². The van der Waals surface area contributed by atoms with Gasteiger partial charge in [-0.15, -0.1) is 0 Å². The third-order valence-electron chi connectivity index (χ3n) is 6.91. The molecule has 9 nitrogen and oxygen atoms in total. The fraction of sp³-hybridized carbons (Fsp3) is 0.219. The Morgan fingerprint density at radius 3 is 2.45 bits per heavy atom. The molecule has 3 aromatic carbocycles. The standard InChI is InChI=1S/C32H31N5O4S/c1-2-41-29-16-14-27(15-17-29)34-32(38)25(22-33)20-26-23-37(28-11-5-3-6-12-28)35-31(26)24-10-9-13-30(21-24)42(39,40)36-18-7-4-8-19-36/h3,5-6,9-17,20-21,23H,2,4,7-8,18-19H2,1H3,(H,34,38). The van der Waals surface area contributed by atoms with E-state index in [9.17, 15) is 18.5 Å². The molecule has 1 fully saturated rings. The van der Waals surface area contributed by atoms with Gasteiger partial charge in [0.15, 0.2) is 0 Å². The van der Waals surface area contributed by atoms with E-state index < -0.39 is 15.9 Å². The smallest absolute Gasteiger partial charge is 0.266 e. The number of para-hydroxylation sites is 1. The lowest BCUT2D eigenvalue weighted by atomic mass is 10.1. The number of carbonyl (C=O) groups excluding carboxylic acids is 1. The first-order valence-electron chi connectivity index (χ1n) is 13.8. The number of aromatic nitrogens is 2. The van der Waals surface area contributed by atoms with Crippen molar-refractivity contribution in [2.75, 3.05) is 25.0 Å². The fourth-order valence-electron chi connectivity index (χ4n) is 4.79. The van der Waals surface area contributed by atoms with E-state index in [0.29, 0.717) is 48.0 Å². The van der Waals surface area contributed by atoms with Gasteiger partial charge in [0.05, 0.1) is 17.2 Å². The summed E-state index contributed by atoms with van der Waals surface area (Å²) in [5.74, 6) is 0.0931. The van der Waals surface area contributed by atoms with Crippen LogP contribution in [0.4, 0.5) is 5.69 Å². The molecular formula is C32H31N5O4S. The number of nitrogens with zero attached hydrogens (tertiary/aromatic N) is 4. The predicted molar refractivity (Wildman–Crippen MR) is 161 cm³/mol. The van der Waals surface area contributed by atoms with Crippen LogP contribution in [-0.2, 0) is 14.8 Å². The van der Waals surface area contributed by atoms with Gasteiger partial charge in [-0.2, -0.15) is 14.7 Å². The van der Waals surface area contributed by atoms with Gasteiger partial charge >= 0.3 is 0 Å². The van der Waals surface area contributed by atoms with Crippen LogP contribution in [0.3, 0.4) is 0 Å². The average Bonchev–Trinajstić information content (AvgIpc) is 3.46. The van der Waals surface area contributed by atoms with Crippen LogP contribution in [0.1, 0.15) is 31.7 Å². The number of anilines is 1. The largest absolute Gasteiger partial charge is 0.494 e. The van der Waals surface area contributed by atoms with Crippen LogP contribution >= 0.6 is 0 Å². The van der Waals surface area contributed by atoms with Gasteiger partial charge in [-0.25, -0.2) is 13.1 Å². The Bertz CT molecular complexity index is 1730. The summed E-state index contributed by atoms with van der Waals surface area (Å²) < 4.78 is 35.4. The van der Waals surface area contributed by atoms with Gasteiger partial charge in [0.2, 0.25) is 10.0 Å². The molecule has 214 valence electrons. The molecule has 0 spiro atoms. The fourth-order valence-corrected chi connectivity index (χ4v) is 6.36. The van der Waals surface area contributed by atoms with Gasteiger partial charge in [-0.1, -0.05) is 36.8 Å². The molecule has 0 bridgehead atoms. The van der Waals surface area contributed by atoms with Gasteiger partial charge in [0, 0.05) is 36.1 Å². The van der Waals surface area contributed by atoms with E-state index in [0.717, 1.165) is 24.9 Å². The van der Waals surface area contributed by atoms with Crippen molar-refractivity contribution in [2.24, 2.45) is 0 Å². The average molecular weight is 582 g/mol. The summed E-state index contributed by atoms with van der Waals surface area (Å²) in [6, 6.07) is 24.9. The molecular weight excluding hydrogens is 550 g/mol. The summed E-state index contributed by atoms with van der Waals surface area (Å²) in [5.41, 5.74) is 2.64. The first kappa shape index (κ1) is 28.8. The minimum absolute atomic E-state index is 0.130. The van der Waals surface area contributed by atoms with Crippen LogP contribution in [0.2, 0.25) is 0 Å². The molecule has 0 aliphatic carbocycles. The molecule has 2 heterocycles. The minimum Gasteiger partial charge on any atom is -0.494 e. The number of hydrogen-bond donors (Lipinski definition) is 1. The molecule has 4 aromatic rings. The van der Waals surface area contributed by atoms with Crippen LogP contribution in [-0.4, -0.2) is 48.1 Å². The topological polar surface area (TPSA) is 117 Å². The van der Waals surface area contributed by atoms with E-state index in [2.05, 4.69) is 5.32 Å². The Labute approximate surface area is 245 Å². The lowest BCUT2D eigenvalue weighted by molar-refractivity contribution is -0.112. The number of nitrogens with one attached hydrogen (secondary N) is 1. The zero-order valence-electron chi connectivity index (χ0n) is 23.2. The second-order valence-corrected chi connectivity index (χ2v) is 11.7. The molecule has 10 heteroatoms. The van der Waals surface area contributed by atoms with Crippen molar-refractivity contribution < 1.29 is 17.9 Å². The number of rotatable bonds is 9. The minimum atomic E-state index is -3.68. The molecule has 42 heavy (non-hydrogen) atoms. The number of ether oxygens (including phenoxy) is 1. The summed E-state index contributed by atoms with van der Waals surface area (Å²) in [5, 5.41) is 17.4. The quantitative estimate of drug-likeness (QED) is 0.201. The number of benzene rings is 3. The Hall–Kier alpha value is -4.72. The first-order chi connectivity index (χ1) is 20.4. The lowest BCUT2D eigenvalue weighted by Gasteiger charge is -2.26. The van der Waals surface area contributed by atoms with Crippen LogP contribution in [0.5, 0.6) is 5.75 Å². The van der Waals surface area contributed by atoms with Crippen molar-refractivity contribution in [3.05, 3.63) is 96.2 Å². The number of sulfonamides is 1. The van der Waals surface area contributed by atoms with Gasteiger partial charge in [0.25, 0.3) is 5.91 Å². The highest BCUT2D eigenvalue weighted by Gasteiger charge is 2.26. The molecule has 1 aliphatic heterocycles. The van der Waals surface area contributed by atoms with Crippen molar-refractivity contribution in [2.45, 2.75) is 31.1 Å². The Morgan fingerprint density at radius 2 is 1.76 bits per heavy atom. The first-order valence-corrected chi connectivity index (χ1v) is 15.2. The SMILES string of the molecule is CCOc1ccc(NC(=O)C(C#N)=Cc2cn(-c3ccccc3)nc2-c2cccc(S(=O)(=O)N3CCCCC3)c2)cc1. The zero-order valence-corrected chi connectivity index (χ0v) is 24.0. The number of amides is 1. The van der Waals surface area contributed by atoms with E-state index in [4.69, 9.17) is 9.84 Å². The third kappa shape index (κ3) is 6.43. The highest BCUT2D eigenvalue weighted by atomic mass is 32.2. The lowest BCUT2D eigenvalue weighted by Crippen LogP contribution is -2.35. The maximum atomic E-state index is 13.4. The van der Waals surface area contributed by atoms with E-state index in [1.54, 1.807) is 59.4 Å². The molecule has 0 saturated carbocycles. The van der Waals surface area contributed by atoms with Crippen molar-refractivity contribution in [1.82, 2.24) is 14.1 Å². The van der Waals surface area contributed by atoms with E-state index >= 15 is 0 Å². The Balaban J connectivity index is 1.52. The van der Waals surface area contributed by atoms with Gasteiger partial charge in [-0.3, -0.25) is 4.79 Å². The zero-order chi connectivity index (χ0) is 29.5. The summed E-state index contributed by atoms with van der Waals surface area (Å²) in [7, 11) is -3.68. The molecule has 1 amide bonds. The van der Waals surface area contributed by atoms with Crippen LogP contribution in [0.25, 0.3) is 23.0 Å². The summed E-state index contributed by atoms with van der Waals surface area (Å²) in [4.78, 5) is 13.3. The number of nitriles is 1. The summed E-state index contributed by atoms with van der Waals surface area (Å²) >= 11 is 0. The second kappa shape index (κ2) is 12.9. The van der Waals surface area contributed by atoms with Gasteiger partial charge in [-0.05, 0) is 74.4 Å². The van der Waals surface area contributed by atoms with Crippen molar-refractivity contribution >= 4 is 27.7 Å². The van der Waals surface area contributed by atoms with Crippen molar-refractivity contribution in [3.8, 4) is 28.8 Å². The van der Waals surface area contributed by atoms with Gasteiger partial charge in [0.1, 0.15) is 23.1 Å². The predicted octanol–water partition coefficient (Wildman–Crippen LogP) is 5.66. The molecule has 0 atom stereocenters. The van der Waals surface area contributed by atoms with E-state index in [1.165, 1.54) is 10.4 Å². The molecule has 0 radical (unpaired) electrons. The van der Waals surface area contributed by atoms with Crippen LogP contribution in [0.15, 0.2) is 95.5 Å². The van der Waals surface area contributed by atoms with E-state index in [1.807, 2.05) is 43.3 Å². The highest BCUT2D eigenvalue weighted by Crippen LogP contribution is 2.30. The van der Waals surface area contributed by atoms with Crippen molar-refractivity contribution in [3.63, 3.8) is 0 Å². The maximum absolute atomic E-state index is 13.4. The maximum Gasteiger partial charge on any atom is 0.266 e. The van der Waals surface area contributed by atoms with Crippen molar-refractivity contribution in [1.29, 1.82) is 5.26 Å². The van der Waals surface area contributed by atoms with E-state index in [-0.39, 0.29) is 10.5 Å². The number of carbonyl (C=O) groups is 1. The number of piperidine rings is 1. The molecule has 1 saturated heterocycles. The molecule has 1 aromatic heterocycles. The third-order valence-corrected chi connectivity index (χ3v) is 8.81. The molecule has 1 N–H and O–H groups in total.